The Kier molecular flexibility index (Phi) is 35.5. The number of fused-ring (bicyclic) bond motifs is 6. The number of carbonyl (C=O) groups excluding carboxylic acids is 7. The second-order valence-electron chi connectivity index (χ2n) is 29.8. The maximum atomic E-state index is 14.4. The second-order valence-corrected chi connectivity index (χ2v) is 31.3. The molecule has 2 aliphatic rings. The lowest BCUT2D eigenvalue weighted by molar-refractivity contribution is -0.904. The van der Waals surface area contributed by atoms with E-state index >= 15 is 0 Å². The molecule has 2 amide bonds. The number of amides is 2. The molecule has 0 fully saturated rings. The molecule has 0 aliphatic carbocycles. The Hall–Kier alpha value is -9.02. The first-order chi connectivity index (χ1) is 54.5. The number of rotatable bonds is 51. The quantitative estimate of drug-likeness (QED) is 0.00798. The zero-order chi connectivity index (χ0) is 82.2. The Morgan fingerprint density at radius 2 is 0.991 bits per heavy atom. The number of aryl methyl sites for hydroxylation is 2. The second kappa shape index (κ2) is 44.7. The summed E-state index contributed by atoms with van der Waals surface area (Å²) in [6.45, 7) is 3.64. The van der Waals surface area contributed by atoms with Gasteiger partial charge in [-0.2, -0.15) is 26.3 Å². The van der Waals surface area contributed by atoms with Gasteiger partial charge in [0, 0.05) is 65.9 Å². The normalized spacial score (nSPS) is 13.7. The van der Waals surface area contributed by atoms with Crippen LogP contribution in [-0.4, -0.2) is 125 Å². The van der Waals surface area contributed by atoms with Crippen LogP contribution in [0.3, 0.4) is 0 Å². The fraction of sp³-hybridized carbons (Fsp3) is 0.536. The predicted molar refractivity (Wildman–Crippen MR) is 414 cm³/mol. The Labute approximate surface area is 662 Å². The summed E-state index contributed by atoms with van der Waals surface area (Å²) in [5.41, 5.74) is 1.19. The van der Waals surface area contributed by atoms with E-state index in [4.69, 9.17) is 37.5 Å². The molecule has 114 heavy (non-hydrogen) atoms. The van der Waals surface area contributed by atoms with Gasteiger partial charge in [-0.1, -0.05) is 203 Å². The highest BCUT2D eigenvalue weighted by Gasteiger charge is 2.54. The molecule has 0 saturated heterocycles. The molecule has 0 saturated carbocycles. The molecule has 5 aromatic carbocycles. The minimum absolute atomic E-state index is 0.0176. The number of anilines is 2. The third-order valence-corrected chi connectivity index (χ3v) is 20.9. The van der Waals surface area contributed by atoms with Gasteiger partial charge in [0.25, 0.3) is 0 Å². The molecule has 30 heteroatoms. The number of ketones is 2. The summed E-state index contributed by atoms with van der Waals surface area (Å²) >= 11 is 0. The molecule has 23 nitrogen and oxygen atoms in total. The first-order valence-corrected chi connectivity index (χ1v) is 41.4. The number of hydrogen-bond acceptors (Lipinski definition) is 18. The number of phosphoric ester groups is 1. The molecular formula is C84H108F6N6O17P+. The van der Waals surface area contributed by atoms with Gasteiger partial charge < -0.3 is 37.8 Å². The summed E-state index contributed by atoms with van der Waals surface area (Å²) in [7, 11) is -1.09. The molecule has 2 atom stereocenters. The number of carbonyl (C=O) groups is 7. The number of aromatic nitrogens is 3. The van der Waals surface area contributed by atoms with E-state index in [-0.39, 0.29) is 96.4 Å². The van der Waals surface area contributed by atoms with Crippen molar-refractivity contribution in [2.75, 3.05) is 51.1 Å². The number of alkyl halides is 6. The van der Waals surface area contributed by atoms with Gasteiger partial charge in [0.2, 0.25) is 11.6 Å². The summed E-state index contributed by atoms with van der Waals surface area (Å²) in [5, 5.41) is 14.0. The van der Waals surface area contributed by atoms with Gasteiger partial charge in [-0.25, -0.2) is 23.6 Å². The van der Waals surface area contributed by atoms with Gasteiger partial charge in [-0.15, -0.1) is 5.10 Å². The average molecular weight is 1620 g/mol. The van der Waals surface area contributed by atoms with Crippen molar-refractivity contribution in [3.05, 3.63) is 148 Å². The maximum Gasteiger partial charge on any atom is 0.472 e. The zero-order valence-electron chi connectivity index (χ0n) is 65.6. The molecule has 8 rings (SSSR count). The lowest BCUT2D eigenvalue weighted by Gasteiger charge is -2.36. The number of benzene rings is 5. The molecule has 622 valence electrons. The number of quaternary nitrogens is 1. The molecule has 1 spiro atoms. The Morgan fingerprint density at radius 1 is 0.553 bits per heavy atom. The van der Waals surface area contributed by atoms with Crippen LogP contribution in [0.2, 0.25) is 0 Å². The van der Waals surface area contributed by atoms with E-state index in [0.717, 1.165) is 44.9 Å². The van der Waals surface area contributed by atoms with Crippen LogP contribution < -0.4 is 24.8 Å². The number of ether oxygens (including phenoxy) is 6. The van der Waals surface area contributed by atoms with Crippen molar-refractivity contribution in [2.45, 2.75) is 250 Å². The van der Waals surface area contributed by atoms with Crippen molar-refractivity contribution < 1.29 is 111 Å². The number of likely N-dealkylation sites (N-methyl/N-ethyl adjacent to an activating group) is 1. The Morgan fingerprint density at radius 3 is 1.45 bits per heavy atom. The van der Waals surface area contributed by atoms with Crippen LogP contribution in [0.1, 0.15) is 250 Å². The number of halogens is 6. The van der Waals surface area contributed by atoms with Gasteiger partial charge >= 0.3 is 50.3 Å². The average Bonchev–Trinajstić information content (AvgIpc) is 1.51. The van der Waals surface area contributed by atoms with E-state index in [2.05, 4.69) is 34.8 Å². The zero-order valence-corrected chi connectivity index (χ0v) is 66.5. The van der Waals surface area contributed by atoms with Crippen LogP contribution >= 0.6 is 7.82 Å². The van der Waals surface area contributed by atoms with Crippen molar-refractivity contribution in [1.29, 1.82) is 0 Å². The first-order valence-electron chi connectivity index (χ1n) is 39.9. The Balaban J connectivity index is 0.886. The number of nitrogens with one attached hydrogen (secondary N) is 2. The van der Waals surface area contributed by atoms with Crippen LogP contribution in [0.5, 0.6) is 23.0 Å². The van der Waals surface area contributed by atoms with Gasteiger partial charge in [0.1, 0.15) is 55.0 Å². The number of Topliss-reactive ketones (excluding diaryl/α,β-unsaturated/α-hetero) is 2. The van der Waals surface area contributed by atoms with Gasteiger partial charge in [0.05, 0.1) is 38.1 Å². The van der Waals surface area contributed by atoms with Crippen LogP contribution in [0.25, 0.3) is 5.69 Å². The maximum absolute atomic E-state index is 14.4. The largest absolute Gasteiger partial charge is 0.472 e. The van der Waals surface area contributed by atoms with Crippen LogP contribution in [0.4, 0.5) is 47.3 Å². The molecule has 1 aromatic heterocycles. The van der Waals surface area contributed by atoms with E-state index in [1.807, 2.05) is 14.1 Å². The third kappa shape index (κ3) is 29.7. The number of nitrogens with zero attached hydrogens (tertiary/aromatic N) is 4. The minimum atomic E-state index is -4.97. The first kappa shape index (κ1) is 90.5. The SMILES string of the molecule is CCCCCCCCCCCCCCCC(=O)OCC(COP(=O)(O)OCC[N+](C)(C)Cc1cn(-c2ccc3c(c2)C(=O)OC32c3ccc(NC(=O)Oc4ccc(CCC(=O)C(F)(F)F)cc4)cc3Oc3cc(NC(=O)Oc4ccc(CCC(=O)C(F)(F)F)cc4)ccc32)nn1)OC(=O)CCCCCCCCCCCCCCC. The molecule has 3 N–H and O–H groups in total. The van der Waals surface area contributed by atoms with Gasteiger partial charge in [-0.3, -0.25) is 38.9 Å². The fourth-order valence-electron chi connectivity index (χ4n) is 13.6. The van der Waals surface area contributed by atoms with Crippen LogP contribution in [0, 0.1) is 0 Å². The predicted octanol–water partition coefficient (Wildman–Crippen LogP) is 20.3. The summed E-state index contributed by atoms with van der Waals surface area (Å²) in [6.07, 6.45) is 16.8. The minimum Gasteiger partial charge on any atom is -0.462 e. The molecule has 6 aromatic rings. The number of unbranched alkanes of at least 4 members (excludes halogenated alkanes) is 24. The molecule has 2 aliphatic heterocycles. The van der Waals surface area contributed by atoms with Gasteiger partial charge in [-0.05, 0) is 97.5 Å². The number of hydrogen-bond donors (Lipinski definition) is 3. The highest BCUT2D eigenvalue weighted by molar-refractivity contribution is 7.47. The van der Waals surface area contributed by atoms with Crippen molar-refractivity contribution in [3.8, 4) is 28.7 Å². The van der Waals surface area contributed by atoms with Crippen molar-refractivity contribution in [3.63, 3.8) is 0 Å². The number of phosphoric acid groups is 1. The van der Waals surface area contributed by atoms with Crippen LogP contribution in [0.15, 0.2) is 109 Å². The van der Waals surface area contributed by atoms with E-state index in [9.17, 15) is 69.4 Å². The monoisotopic (exact) mass is 1620 g/mol. The number of esters is 3. The van der Waals surface area contributed by atoms with Crippen LogP contribution in [-0.2, 0) is 72.0 Å². The molecular weight excluding hydrogens is 1510 g/mol. The highest BCUT2D eigenvalue weighted by Crippen LogP contribution is 2.57. The van der Waals surface area contributed by atoms with Crippen molar-refractivity contribution >= 4 is 60.9 Å². The molecule has 2 unspecified atom stereocenters. The molecule has 0 radical (unpaired) electrons. The topological polar surface area (TPSA) is 285 Å². The molecule has 0 bridgehead atoms. The van der Waals surface area contributed by atoms with E-state index in [0.29, 0.717) is 52.0 Å². The fourth-order valence-corrected chi connectivity index (χ4v) is 14.3. The van der Waals surface area contributed by atoms with Crippen molar-refractivity contribution in [2.24, 2.45) is 0 Å². The van der Waals surface area contributed by atoms with E-state index in [1.165, 1.54) is 187 Å². The summed E-state index contributed by atoms with van der Waals surface area (Å²) in [6, 6.07) is 24.9. The summed E-state index contributed by atoms with van der Waals surface area (Å²) < 4.78 is 138. The van der Waals surface area contributed by atoms with Gasteiger partial charge in [0.15, 0.2) is 11.7 Å². The van der Waals surface area contributed by atoms with E-state index < -0.39 is 93.0 Å². The smallest absolute Gasteiger partial charge is 0.462 e. The van der Waals surface area contributed by atoms with E-state index in [1.54, 1.807) is 36.5 Å². The lowest BCUT2D eigenvalue weighted by Crippen LogP contribution is -2.41. The Bertz CT molecular complexity index is 4040. The molecule has 3 heterocycles. The standard InChI is InChI=1S/C84H107F6N6O17P/c1-5-7-9-11-13-15-17-19-21-23-25-27-29-31-77(99)106-58-68(109-78(100)32-30-28-26-24-22-20-18-16-14-12-10-8-6-2)59-108-114(104,105)107-52-51-96(3,4)57-64-56-95(94-93-64)65-41-48-70-69(55-65)79(101)113-82(70)71-46-39-62(91-80(102)110-66-42-33-60(34-43-66)37-49-75(97)83(85,86)87)53-73(71)112-74-54-63(40-47-72(74)82)92-81(103)111-67-44-35-61(36-45-67)38-50-76(98)84(88,89)90/h33-36,39-48,53-56,68H,5-32,37-38,49-52,57-59H2,1-4H3,(H2-,91,92,102,103,104,105)/p+1. The summed E-state index contributed by atoms with van der Waals surface area (Å²) in [4.78, 5) is 101. The lowest BCUT2D eigenvalue weighted by atomic mass is 9.77. The summed E-state index contributed by atoms with van der Waals surface area (Å²) in [5.74, 6) is -5.36. The third-order valence-electron chi connectivity index (χ3n) is 19.9. The van der Waals surface area contributed by atoms with Crippen molar-refractivity contribution in [1.82, 2.24) is 15.0 Å². The highest BCUT2D eigenvalue weighted by atomic mass is 31.2.